The molecular weight excluding hydrogens is 433 g/mol. The summed E-state index contributed by atoms with van der Waals surface area (Å²) in [7, 11) is 0. The number of aryl methyl sites for hydroxylation is 1. The van der Waals surface area contributed by atoms with Crippen LogP contribution in [0.2, 0.25) is 0 Å². The molecule has 0 spiro atoms. The quantitative estimate of drug-likeness (QED) is 0.451. The predicted octanol–water partition coefficient (Wildman–Crippen LogP) is 4.16. The fourth-order valence-corrected chi connectivity index (χ4v) is 3.80. The Morgan fingerprint density at radius 1 is 1.06 bits per heavy atom. The van der Waals surface area contributed by atoms with E-state index in [1.54, 1.807) is 60.4 Å². The predicted molar refractivity (Wildman–Crippen MR) is 128 cm³/mol. The minimum atomic E-state index is -0.590. The molecule has 4 aromatic rings. The van der Waals surface area contributed by atoms with Gasteiger partial charge in [-0.05, 0) is 61.9 Å². The van der Waals surface area contributed by atoms with Gasteiger partial charge in [-0.2, -0.15) is 0 Å². The highest BCUT2D eigenvalue weighted by molar-refractivity contribution is 5.98. The Balaban J connectivity index is 1.74. The Morgan fingerprint density at radius 3 is 2.47 bits per heavy atom. The van der Waals surface area contributed by atoms with Crippen LogP contribution in [0.25, 0.3) is 10.9 Å². The molecule has 4 rings (SSSR count). The summed E-state index contributed by atoms with van der Waals surface area (Å²) in [6, 6.07) is 16.0. The van der Waals surface area contributed by atoms with Crippen LogP contribution in [0.4, 0.5) is 10.2 Å². The van der Waals surface area contributed by atoms with Gasteiger partial charge in [0.05, 0.1) is 29.4 Å². The third kappa shape index (κ3) is 4.56. The van der Waals surface area contributed by atoms with E-state index < -0.39 is 17.8 Å². The van der Waals surface area contributed by atoms with Crippen molar-refractivity contribution in [3.8, 4) is 0 Å². The molecule has 0 bridgehead atoms. The highest BCUT2D eigenvalue weighted by Gasteiger charge is 2.26. The lowest BCUT2D eigenvalue weighted by Gasteiger charge is -2.30. The Morgan fingerprint density at radius 2 is 1.79 bits per heavy atom. The van der Waals surface area contributed by atoms with Crippen LogP contribution >= 0.6 is 0 Å². The number of carbonyl (C=O) groups is 2. The number of hydrogen-bond acceptors (Lipinski definition) is 5. The molecule has 172 valence electrons. The molecule has 0 aliphatic rings. The van der Waals surface area contributed by atoms with Crippen LogP contribution in [0.1, 0.15) is 50.5 Å². The molecule has 0 unspecified atom stereocenters. The number of amides is 2. The van der Waals surface area contributed by atoms with E-state index in [1.807, 2.05) is 13.0 Å². The average molecular weight is 458 g/mol. The first-order valence-electron chi connectivity index (χ1n) is 10.7. The minimum Gasteiger partial charge on any atom is -0.383 e. The molecule has 0 aliphatic carbocycles. The van der Waals surface area contributed by atoms with Crippen LogP contribution in [0.3, 0.4) is 0 Å². The van der Waals surface area contributed by atoms with Crippen LogP contribution in [-0.4, -0.2) is 26.7 Å². The molecule has 0 aliphatic heterocycles. The topological polar surface area (TPSA) is 115 Å². The first-order chi connectivity index (χ1) is 16.2. The van der Waals surface area contributed by atoms with Gasteiger partial charge in [0.1, 0.15) is 11.6 Å². The van der Waals surface area contributed by atoms with Gasteiger partial charge in [0, 0.05) is 22.7 Å². The number of benzene rings is 2. The molecule has 7 nitrogen and oxygen atoms in total. The average Bonchev–Trinajstić information content (AvgIpc) is 2.83. The van der Waals surface area contributed by atoms with Gasteiger partial charge >= 0.3 is 0 Å². The standard InChI is InChI=1S/C26H24FN5O2/c1-15-11-19-12-17(8-10-23(19)31-24(15)28)26(34)32(16(2)21-5-3-4-6-22(21)27)14-20-9-7-18(13-30-20)25(29)33/h3-13,16H,14H2,1-2H3,(H2,28,31)(H2,29,33)/t16-/m1/s1. The van der Waals surface area contributed by atoms with E-state index >= 15 is 0 Å². The number of nitrogen functional groups attached to an aromatic ring is 1. The maximum atomic E-state index is 14.6. The summed E-state index contributed by atoms with van der Waals surface area (Å²) >= 11 is 0. The molecule has 2 aromatic heterocycles. The van der Waals surface area contributed by atoms with E-state index in [0.29, 0.717) is 28.2 Å². The molecule has 0 saturated carbocycles. The van der Waals surface area contributed by atoms with Crippen LogP contribution in [-0.2, 0) is 6.54 Å². The number of nitrogens with two attached hydrogens (primary N) is 2. The highest BCUT2D eigenvalue weighted by Crippen LogP contribution is 2.28. The van der Waals surface area contributed by atoms with Gasteiger partial charge in [0.15, 0.2) is 0 Å². The van der Waals surface area contributed by atoms with Crippen molar-refractivity contribution in [2.45, 2.75) is 26.4 Å². The second-order valence-electron chi connectivity index (χ2n) is 8.13. The molecule has 0 fully saturated rings. The van der Waals surface area contributed by atoms with Crippen molar-refractivity contribution < 1.29 is 14.0 Å². The largest absolute Gasteiger partial charge is 0.383 e. The van der Waals surface area contributed by atoms with Gasteiger partial charge in [0.25, 0.3) is 5.91 Å². The fraction of sp³-hybridized carbons (Fsp3) is 0.154. The molecular formula is C26H24FN5O2. The summed E-state index contributed by atoms with van der Waals surface area (Å²) in [6.45, 7) is 3.72. The van der Waals surface area contributed by atoms with Crippen molar-refractivity contribution in [1.29, 1.82) is 0 Å². The monoisotopic (exact) mass is 457 g/mol. The van der Waals surface area contributed by atoms with Crippen molar-refractivity contribution in [2.24, 2.45) is 5.73 Å². The van der Waals surface area contributed by atoms with Gasteiger partial charge < -0.3 is 16.4 Å². The SMILES string of the molecule is Cc1cc2cc(C(=O)N(Cc3ccc(C(N)=O)cn3)[C@H](C)c3ccccc3F)ccc2nc1N. The van der Waals surface area contributed by atoms with Gasteiger partial charge in [-0.1, -0.05) is 18.2 Å². The Kier molecular flexibility index (Phi) is 6.23. The summed E-state index contributed by atoms with van der Waals surface area (Å²) in [5, 5.41) is 0.778. The maximum absolute atomic E-state index is 14.6. The summed E-state index contributed by atoms with van der Waals surface area (Å²) in [4.78, 5) is 35.3. The molecule has 8 heteroatoms. The van der Waals surface area contributed by atoms with Crippen molar-refractivity contribution in [2.75, 3.05) is 5.73 Å². The second kappa shape index (κ2) is 9.27. The minimum absolute atomic E-state index is 0.102. The summed E-state index contributed by atoms with van der Waals surface area (Å²) in [5.74, 6) is -0.856. The highest BCUT2D eigenvalue weighted by atomic mass is 19.1. The zero-order valence-corrected chi connectivity index (χ0v) is 18.8. The first-order valence-corrected chi connectivity index (χ1v) is 10.7. The van der Waals surface area contributed by atoms with Crippen molar-refractivity contribution in [1.82, 2.24) is 14.9 Å². The van der Waals surface area contributed by atoms with Crippen LogP contribution < -0.4 is 11.5 Å². The number of anilines is 1. The number of pyridine rings is 2. The lowest BCUT2D eigenvalue weighted by molar-refractivity contribution is 0.0668. The van der Waals surface area contributed by atoms with Gasteiger partial charge in [-0.25, -0.2) is 9.37 Å². The molecule has 2 amide bonds. The number of halogens is 1. The van der Waals surface area contributed by atoms with Crippen molar-refractivity contribution in [3.05, 3.63) is 101 Å². The maximum Gasteiger partial charge on any atom is 0.254 e. The number of fused-ring (bicyclic) bond motifs is 1. The fourth-order valence-electron chi connectivity index (χ4n) is 3.80. The molecule has 4 N–H and O–H groups in total. The van der Waals surface area contributed by atoms with Gasteiger partial charge in [0.2, 0.25) is 5.91 Å². The smallest absolute Gasteiger partial charge is 0.254 e. The summed E-state index contributed by atoms with van der Waals surface area (Å²) < 4.78 is 14.6. The van der Waals surface area contributed by atoms with E-state index in [9.17, 15) is 14.0 Å². The van der Waals surface area contributed by atoms with Crippen LogP contribution in [0, 0.1) is 12.7 Å². The van der Waals surface area contributed by atoms with E-state index in [0.717, 1.165) is 10.9 Å². The third-order valence-corrected chi connectivity index (χ3v) is 5.82. The summed E-state index contributed by atoms with van der Waals surface area (Å²) in [6.07, 6.45) is 1.36. The van der Waals surface area contributed by atoms with E-state index in [-0.39, 0.29) is 18.0 Å². The zero-order chi connectivity index (χ0) is 24.4. The van der Waals surface area contributed by atoms with Gasteiger partial charge in [-0.15, -0.1) is 0 Å². The molecule has 1 atom stereocenters. The van der Waals surface area contributed by atoms with Crippen LogP contribution in [0.5, 0.6) is 0 Å². The van der Waals surface area contributed by atoms with E-state index in [1.165, 1.54) is 12.3 Å². The number of primary amides is 1. The number of nitrogens with zero attached hydrogens (tertiary/aromatic N) is 3. The number of hydrogen-bond donors (Lipinski definition) is 2. The van der Waals surface area contributed by atoms with E-state index in [2.05, 4.69) is 9.97 Å². The lowest BCUT2D eigenvalue weighted by Crippen LogP contribution is -2.34. The molecule has 2 aromatic carbocycles. The Hall–Kier alpha value is -4.33. The lowest BCUT2D eigenvalue weighted by atomic mass is 10.0. The normalized spacial score (nSPS) is 11.9. The Labute approximate surface area is 196 Å². The van der Waals surface area contributed by atoms with Gasteiger partial charge in [-0.3, -0.25) is 14.6 Å². The molecule has 0 radical (unpaired) electrons. The number of aromatic nitrogens is 2. The first kappa shape index (κ1) is 22.8. The van der Waals surface area contributed by atoms with Crippen LogP contribution in [0.15, 0.2) is 66.9 Å². The van der Waals surface area contributed by atoms with Crippen molar-refractivity contribution >= 4 is 28.5 Å². The van der Waals surface area contributed by atoms with Crippen molar-refractivity contribution in [3.63, 3.8) is 0 Å². The number of rotatable bonds is 6. The molecule has 0 saturated heterocycles. The Bertz CT molecular complexity index is 1390. The second-order valence-corrected chi connectivity index (χ2v) is 8.13. The zero-order valence-electron chi connectivity index (χ0n) is 18.8. The molecule has 34 heavy (non-hydrogen) atoms. The van der Waals surface area contributed by atoms with E-state index in [4.69, 9.17) is 11.5 Å². The number of carbonyl (C=O) groups excluding carboxylic acids is 2. The molecule has 2 heterocycles. The summed E-state index contributed by atoms with van der Waals surface area (Å²) in [5.41, 5.74) is 14.3. The third-order valence-electron chi connectivity index (χ3n) is 5.82.